The predicted octanol–water partition coefficient (Wildman–Crippen LogP) is 3.07. The lowest BCUT2D eigenvalue weighted by Crippen LogP contribution is -2.42. The number of carbonyl (C=O) groups excluding carboxylic acids is 3. The highest BCUT2D eigenvalue weighted by Gasteiger charge is 2.48. The summed E-state index contributed by atoms with van der Waals surface area (Å²) in [6, 6.07) is 9.72. The van der Waals surface area contributed by atoms with Gasteiger partial charge in [0.05, 0.1) is 17.9 Å². The van der Waals surface area contributed by atoms with Gasteiger partial charge in [-0.1, -0.05) is 57.0 Å². The maximum absolute atomic E-state index is 12.6. The van der Waals surface area contributed by atoms with Crippen molar-refractivity contribution in [1.29, 1.82) is 0 Å². The molecule has 3 rings (SSSR count). The molecule has 140 valence electrons. The second-order valence-corrected chi connectivity index (χ2v) is 7.92. The molecule has 0 radical (unpaired) electrons. The smallest absolute Gasteiger partial charge is 0.240 e. The minimum absolute atomic E-state index is 0.112. The zero-order valence-electron chi connectivity index (χ0n) is 15.6. The van der Waals surface area contributed by atoms with Crippen molar-refractivity contribution in [1.82, 2.24) is 10.2 Å². The van der Waals surface area contributed by atoms with Crippen LogP contribution in [-0.4, -0.2) is 29.2 Å². The Morgan fingerprint density at radius 3 is 2.19 bits per heavy atom. The fourth-order valence-electron chi connectivity index (χ4n) is 4.21. The van der Waals surface area contributed by atoms with E-state index in [4.69, 9.17) is 0 Å². The van der Waals surface area contributed by atoms with Crippen molar-refractivity contribution in [2.45, 2.75) is 52.0 Å². The lowest BCUT2D eigenvalue weighted by molar-refractivity contribution is -0.143. The fourth-order valence-corrected chi connectivity index (χ4v) is 4.21. The van der Waals surface area contributed by atoms with E-state index in [1.807, 2.05) is 30.3 Å². The molecule has 5 nitrogen and oxygen atoms in total. The molecule has 1 aromatic rings. The van der Waals surface area contributed by atoms with Gasteiger partial charge < -0.3 is 5.32 Å². The van der Waals surface area contributed by atoms with Crippen molar-refractivity contribution in [3.8, 4) is 0 Å². The summed E-state index contributed by atoms with van der Waals surface area (Å²) in [7, 11) is 0. The second kappa shape index (κ2) is 8.02. The molecule has 2 aliphatic rings. The summed E-state index contributed by atoms with van der Waals surface area (Å²) >= 11 is 0. The minimum atomic E-state index is -0.264. The van der Waals surface area contributed by atoms with Gasteiger partial charge >= 0.3 is 0 Å². The average Bonchev–Trinajstić information content (AvgIpc) is 2.87. The highest BCUT2D eigenvalue weighted by atomic mass is 16.2. The third kappa shape index (κ3) is 3.97. The van der Waals surface area contributed by atoms with E-state index in [1.54, 1.807) is 0 Å². The number of nitrogens with zero attached hydrogens (tertiary/aromatic N) is 1. The van der Waals surface area contributed by atoms with Gasteiger partial charge in [-0.25, -0.2) is 0 Å². The molecule has 1 N–H and O–H groups in total. The quantitative estimate of drug-likeness (QED) is 0.797. The third-order valence-corrected chi connectivity index (χ3v) is 5.48. The SMILES string of the molecule is CC(C)CC(NC(=O)CN1C(=O)C2CCCCC2C1=O)c1ccccc1. The third-order valence-electron chi connectivity index (χ3n) is 5.48. The molecule has 3 unspecified atom stereocenters. The molecule has 1 saturated heterocycles. The molecule has 26 heavy (non-hydrogen) atoms. The Balaban J connectivity index is 1.66. The van der Waals surface area contributed by atoms with Crippen molar-refractivity contribution >= 4 is 17.7 Å². The maximum atomic E-state index is 12.6. The van der Waals surface area contributed by atoms with E-state index in [-0.39, 0.29) is 42.1 Å². The van der Waals surface area contributed by atoms with Gasteiger partial charge in [0, 0.05) is 0 Å². The van der Waals surface area contributed by atoms with Crippen molar-refractivity contribution < 1.29 is 14.4 Å². The molecule has 1 aromatic carbocycles. The molecular weight excluding hydrogens is 328 g/mol. The van der Waals surface area contributed by atoms with Gasteiger partial charge in [-0.3, -0.25) is 19.3 Å². The minimum Gasteiger partial charge on any atom is -0.348 e. The summed E-state index contributed by atoms with van der Waals surface area (Å²) in [5.74, 6) is -0.572. The Hall–Kier alpha value is -2.17. The standard InChI is InChI=1S/C21H28N2O3/c1-14(2)12-18(15-8-4-3-5-9-15)22-19(24)13-23-20(25)16-10-6-7-11-17(16)21(23)26/h3-5,8-9,14,16-18H,6-7,10-13H2,1-2H3,(H,22,24). The van der Waals surface area contributed by atoms with Crippen LogP contribution >= 0.6 is 0 Å². The predicted molar refractivity (Wildman–Crippen MR) is 98.9 cm³/mol. The Morgan fingerprint density at radius 1 is 1.08 bits per heavy atom. The van der Waals surface area contributed by atoms with Gasteiger partial charge in [0.25, 0.3) is 0 Å². The van der Waals surface area contributed by atoms with Crippen LogP contribution in [0.2, 0.25) is 0 Å². The summed E-state index contributed by atoms with van der Waals surface area (Å²) < 4.78 is 0. The van der Waals surface area contributed by atoms with E-state index in [2.05, 4.69) is 19.2 Å². The van der Waals surface area contributed by atoms with Crippen LogP contribution in [0.3, 0.4) is 0 Å². The van der Waals surface area contributed by atoms with Crippen molar-refractivity contribution in [2.24, 2.45) is 17.8 Å². The first kappa shape index (κ1) is 18.6. The number of rotatable bonds is 6. The average molecular weight is 356 g/mol. The molecule has 0 bridgehead atoms. The molecule has 1 aliphatic carbocycles. The van der Waals surface area contributed by atoms with E-state index in [0.717, 1.165) is 37.7 Å². The Kier molecular flexibility index (Phi) is 5.74. The normalized spacial score (nSPS) is 23.9. The summed E-state index contributed by atoms with van der Waals surface area (Å²) in [5, 5.41) is 3.03. The first-order valence-electron chi connectivity index (χ1n) is 9.67. The number of fused-ring (bicyclic) bond motifs is 1. The van der Waals surface area contributed by atoms with E-state index >= 15 is 0 Å². The van der Waals surface area contributed by atoms with Crippen LogP contribution in [-0.2, 0) is 14.4 Å². The van der Waals surface area contributed by atoms with Gasteiger partial charge in [0.15, 0.2) is 0 Å². The maximum Gasteiger partial charge on any atom is 0.240 e. The molecule has 1 heterocycles. The first-order chi connectivity index (χ1) is 12.5. The molecule has 2 fully saturated rings. The van der Waals surface area contributed by atoms with Crippen LogP contribution in [0.25, 0.3) is 0 Å². The summed E-state index contributed by atoms with van der Waals surface area (Å²) in [4.78, 5) is 38.9. The molecule has 0 spiro atoms. The van der Waals surface area contributed by atoms with Crippen LogP contribution in [0.4, 0.5) is 0 Å². The highest BCUT2D eigenvalue weighted by molar-refractivity contribution is 6.07. The van der Waals surface area contributed by atoms with E-state index < -0.39 is 0 Å². The first-order valence-corrected chi connectivity index (χ1v) is 9.67. The molecule has 3 amide bonds. The topological polar surface area (TPSA) is 66.5 Å². The number of carbonyl (C=O) groups is 3. The van der Waals surface area contributed by atoms with Crippen LogP contribution in [0.15, 0.2) is 30.3 Å². The van der Waals surface area contributed by atoms with Crippen LogP contribution in [0.1, 0.15) is 57.6 Å². The molecule has 3 atom stereocenters. The number of likely N-dealkylation sites (tertiary alicyclic amines) is 1. The van der Waals surface area contributed by atoms with Crippen molar-refractivity contribution in [2.75, 3.05) is 6.54 Å². The van der Waals surface area contributed by atoms with Gasteiger partial charge in [-0.15, -0.1) is 0 Å². The summed E-state index contributed by atoms with van der Waals surface area (Å²) in [6.07, 6.45) is 4.33. The molecular formula is C21H28N2O3. The number of benzene rings is 1. The Labute approximate surface area is 155 Å². The summed E-state index contributed by atoms with van der Waals surface area (Å²) in [6.45, 7) is 4.06. The van der Waals surface area contributed by atoms with Gasteiger partial charge in [0.1, 0.15) is 6.54 Å². The largest absolute Gasteiger partial charge is 0.348 e. The van der Waals surface area contributed by atoms with Crippen LogP contribution < -0.4 is 5.32 Å². The van der Waals surface area contributed by atoms with Crippen molar-refractivity contribution in [3.05, 3.63) is 35.9 Å². The fraction of sp³-hybridized carbons (Fsp3) is 0.571. The van der Waals surface area contributed by atoms with Gasteiger partial charge in [-0.05, 0) is 30.7 Å². The number of hydrogen-bond donors (Lipinski definition) is 1. The zero-order chi connectivity index (χ0) is 18.7. The molecule has 1 saturated carbocycles. The number of amides is 3. The Morgan fingerprint density at radius 2 is 1.65 bits per heavy atom. The lowest BCUT2D eigenvalue weighted by atomic mass is 9.81. The van der Waals surface area contributed by atoms with E-state index in [9.17, 15) is 14.4 Å². The molecule has 5 heteroatoms. The van der Waals surface area contributed by atoms with Crippen molar-refractivity contribution in [3.63, 3.8) is 0 Å². The van der Waals surface area contributed by atoms with Gasteiger partial charge in [0.2, 0.25) is 17.7 Å². The lowest BCUT2D eigenvalue weighted by Gasteiger charge is -2.23. The Bertz CT molecular complexity index is 647. The second-order valence-electron chi connectivity index (χ2n) is 7.92. The van der Waals surface area contributed by atoms with E-state index in [1.165, 1.54) is 4.90 Å². The summed E-state index contributed by atoms with van der Waals surface area (Å²) in [5.41, 5.74) is 1.04. The monoisotopic (exact) mass is 356 g/mol. The van der Waals surface area contributed by atoms with Gasteiger partial charge in [-0.2, -0.15) is 0 Å². The van der Waals surface area contributed by atoms with Crippen LogP contribution in [0.5, 0.6) is 0 Å². The zero-order valence-corrected chi connectivity index (χ0v) is 15.6. The molecule has 1 aliphatic heterocycles. The highest BCUT2D eigenvalue weighted by Crippen LogP contribution is 2.37. The number of hydrogen-bond acceptors (Lipinski definition) is 3. The van der Waals surface area contributed by atoms with E-state index in [0.29, 0.717) is 5.92 Å². The molecule has 0 aromatic heterocycles. The van der Waals surface area contributed by atoms with Crippen LogP contribution in [0, 0.1) is 17.8 Å². The number of imide groups is 1. The number of nitrogens with one attached hydrogen (secondary N) is 1.